The van der Waals surface area contributed by atoms with Crippen molar-refractivity contribution in [3.05, 3.63) is 95.2 Å². The molecular formula is C31H34F3N5O3. The predicted octanol–water partition coefficient (Wildman–Crippen LogP) is 3.83. The maximum atomic E-state index is 14.3. The van der Waals surface area contributed by atoms with Crippen LogP contribution in [0, 0.1) is 0 Å². The summed E-state index contributed by atoms with van der Waals surface area (Å²) in [6.45, 7) is 9.05. The van der Waals surface area contributed by atoms with Crippen LogP contribution in [0.25, 0.3) is 0 Å². The van der Waals surface area contributed by atoms with Gasteiger partial charge in [0.15, 0.2) is 0 Å². The minimum Gasteiger partial charge on any atom is -0.338 e. The molecular weight excluding hydrogens is 547 g/mol. The first kappa shape index (κ1) is 29.4. The van der Waals surface area contributed by atoms with Gasteiger partial charge < -0.3 is 20.0 Å². The van der Waals surface area contributed by atoms with E-state index in [0.717, 1.165) is 18.2 Å². The Hall–Kier alpha value is -4.12. The predicted molar refractivity (Wildman–Crippen MR) is 151 cm³/mol. The number of carbonyl (C=O) groups is 3. The molecule has 1 fully saturated rings. The average molecular weight is 582 g/mol. The zero-order chi connectivity index (χ0) is 30.0. The van der Waals surface area contributed by atoms with Gasteiger partial charge in [-0.15, -0.1) is 6.58 Å². The van der Waals surface area contributed by atoms with E-state index in [-0.39, 0.29) is 42.3 Å². The SMILES string of the molecule is C=CCN1C(=O)NC(c2ccccc2C(F)(F)F)C2=C1CN(C(Cc1ccccc1)C(=O)N1CCN(CC)CC1)C2=O. The van der Waals surface area contributed by atoms with Crippen LogP contribution in [-0.2, 0) is 22.2 Å². The molecule has 1 N–H and O–H groups in total. The number of hydrogen-bond donors (Lipinski definition) is 1. The summed E-state index contributed by atoms with van der Waals surface area (Å²) in [5.74, 6) is -0.785. The second-order valence-electron chi connectivity index (χ2n) is 10.6. The number of benzene rings is 2. The van der Waals surface area contributed by atoms with Crippen LogP contribution in [0.3, 0.4) is 0 Å². The van der Waals surface area contributed by atoms with E-state index in [9.17, 15) is 27.6 Å². The topological polar surface area (TPSA) is 76.2 Å². The quantitative estimate of drug-likeness (QED) is 0.481. The molecule has 42 heavy (non-hydrogen) atoms. The van der Waals surface area contributed by atoms with Gasteiger partial charge in [0, 0.05) is 39.1 Å². The number of halogens is 3. The van der Waals surface area contributed by atoms with Crippen molar-refractivity contribution in [1.29, 1.82) is 0 Å². The second kappa shape index (κ2) is 12.0. The van der Waals surface area contributed by atoms with E-state index in [4.69, 9.17) is 0 Å². The van der Waals surface area contributed by atoms with Gasteiger partial charge in [-0.1, -0.05) is 61.5 Å². The minimum absolute atomic E-state index is 0.0369. The molecule has 222 valence electrons. The van der Waals surface area contributed by atoms with Gasteiger partial charge in [0.25, 0.3) is 5.91 Å². The fourth-order valence-corrected chi connectivity index (χ4v) is 5.99. The second-order valence-corrected chi connectivity index (χ2v) is 10.6. The zero-order valence-electron chi connectivity index (χ0n) is 23.4. The molecule has 0 bridgehead atoms. The summed E-state index contributed by atoms with van der Waals surface area (Å²) in [6.07, 6.45) is -2.98. The molecule has 3 heterocycles. The maximum Gasteiger partial charge on any atom is 0.416 e. The Kier molecular flexibility index (Phi) is 8.40. The van der Waals surface area contributed by atoms with Gasteiger partial charge >= 0.3 is 12.2 Å². The Morgan fingerprint density at radius 3 is 2.36 bits per heavy atom. The number of urea groups is 1. The van der Waals surface area contributed by atoms with Gasteiger partial charge in [-0.2, -0.15) is 13.2 Å². The van der Waals surface area contributed by atoms with Crippen LogP contribution < -0.4 is 5.32 Å². The molecule has 0 aromatic heterocycles. The van der Waals surface area contributed by atoms with Crippen LogP contribution in [0.2, 0.25) is 0 Å². The molecule has 3 aliphatic heterocycles. The minimum atomic E-state index is -4.70. The smallest absolute Gasteiger partial charge is 0.338 e. The number of nitrogens with one attached hydrogen (secondary N) is 1. The Morgan fingerprint density at radius 2 is 1.71 bits per heavy atom. The molecule has 0 aliphatic carbocycles. The fraction of sp³-hybridized carbons (Fsp3) is 0.387. The summed E-state index contributed by atoms with van der Waals surface area (Å²) in [6, 6.07) is 11.4. The van der Waals surface area contributed by atoms with Gasteiger partial charge in [-0.25, -0.2) is 4.79 Å². The Labute approximate surface area is 243 Å². The lowest BCUT2D eigenvalue weighted by Crippen LogP contribution is -2.56. The van der Waals surface area contributed by atoms with E-state index in [0.29, 0.717) is 26.2 Å². The van der Waals surface area contributed by atoms with E-state index in [1.165, 1.54) is 34.1 Å². The van der Waals surface area contributed by atoms with E-state index >= 15 is 0 Å². The molecule has 11 heteroatoms. The van der Waals surface area contributed by atoms with E-state index in [1.54, 1.807) is 4.90 Å². The fourth-order valence-electron chi connectivity index (χ4n) is 5.99. The molecule has 3 aliphatic rings. The van der Waals surface area contributed by atoms with Crippen LogP contribution in [-0.4, -0.2) is 89.3 Å². The Bertz CT molecular complexity index is 1390. The highest BCUT2D eigenvalue weighted by molar-refractivity contribution is 6.03. The molecule has 0 saturated carbocycles. The molecule has 2 aromatic carbocycles. The maximum absolute atomic E-state index is 14.3. The van der Waals surface area contributed by atoms with Crippen LogP contribution in [0.1, 0.15) is 29.7 Å². The third-order valence-electron chi connectivity index (χ3n) is 8.20. The summed E-state index contributed by atoms with van der Waals surface area (Å²) < 4.78 is 42.1. The summed E-state index contributed by atoms with van der Waals surface area (Å²) in [5.41, 5.74) is 0.0103. The molecule has 0 spiro atoms. The number of rotatable bonds is 8. The Morgan fingerprint density at radius 1 is 1.05 bits per heavy atom. The van der Waals surface area contributed by atoms with Crippen molar-refractivity contribution >= 4 is 17.8 Å². The molecule has 2 atom stereocenters. The summed E-state index contributed by atoms with van der Waals surface area (Å²) in [5, 5.41) is 2.63. The Balaban J connectivity index is 1.54. The van der Waals surface area contributed by atoms with E-state index in [2.05, 4.69) is 23.7 Å². The molecule has 0 radical (unpaired) electrons. The first-order valence-electron chi connectivity index (χ1n) is 14.1. The van der Waals surface area contributed by atoms with Crippen molar-refractivity contribution in [2.45, 2.75) is 31.6 Å². The number of alkyl halides is 3. The number of amides is 4. The summed E-state index contributed by atoms with van der Waals surface area (Å²) in [4.78, 5) is 48.3. The number of nitrogens with zero attached hydrogens (tertiary/aromatic N) is 4. The van der Waals surface area contributed by atoms with Crippen molar-refractivity contribution in [1.82, 2.24) is 24.9 Å². The normalized spacial score (nSPS) is 20.5. The largest absolute Gasteiger partial charge is 0.416 e. The van der Waals surface area contributed by atoms with Crippen molar-refractivity contribution in [2.24, 2.45) is 0 Å². The average Bonchev–Trinajstić information content (AvgIpc) is 3.33. The number of hydrogen-bond acceptors (Lipinski definition) is 4. The highest BCUT2D eigenvalue weighted by Crippen LogP contribution is 2.42. The molecule has 4 amide bonds. The lowest BCUT2D eigenvalue weighted by Gasteiger charge is -2.38. The first-order chi connectivity index (χ1) is 20.1. The highest BCUT2D eigenvalue weighted by atomic mass is 19.4. The number of likely N-dealkylation sites (N-methyl/N-ethyl adjacent to an activating group) is 1. The van der Waals surface area contributed by atoms with Gasteiger partial charge in [0.1, 0.15) is 6.04 Å². The lowest BCUT2D eigenvalue weighted by atomic mass is 9.91. The monoisotopic (exact) mass is 581 g/mol. The number of piperazine rings is 1. The summed E-state index contributed by atoms with van der Waals surface area (Å²) in [7, 11) is 0. The van der Waals surface area contributed by atoms with Crippen molar-refractivity contribution in [3.8, 4) is 0 Å². The van der Waals surface area contributed by atoms with E-state index < -0.39 is 35.8 Å². The molecule has 2 aromatic rings. The number of carbonyl (C=O) groups excluding carboxylic acids is 3. The van der Waals surface area contributed by atoms with Crippen LogP contribution in [0.15, 0.2) is 78.5 Å². The molecule has 1 saturated heterocycles. The van der Waals surface area contributed by atoms with Gasteiger partial charge in [-0.05, 0) is 23.7 Å². The van der Waals surface area contributed by atoms with Crippen LogP contribution in [0.4, 0.5) is 18.0 Å². The van der Waals surface area contributed by atoms with Crippen molar-refractivity contribution < 1.29 is 27.6 Å². The van der Waals surface area contributed by atoms with Crippen molar-refractivity contribution in [3.63, 3.8) is 0 Å². The zero-order valence-corrected chi connectivity index (χ0v) is 23.4. The van der Waals surface area contributed by atoms with Gasteiger partial charge in [-0.3, -0.25) is 14.5 Å². The van der Waals surface area contributed by atoms with Crippen LogP contribution >= 0.6 is 0 Å². The van der Waals surface area contributed by atoms with Gasteiger partial charge in [0.2, 0.25) is 5.91 Å². The summed E-state index contributed by atoms with van der Waals surface area (Å²) >= 11 is 0. The standard InChI is InChI=1S/C31H34F3N5O3/c1-3-14-38-25-20-39(24(19-21-10-6-5-7-11-21)28(40)37-17-15-36(4-2)16-18-37)29(41)26(25)27(35-30(38)42)22-12-8-9-13-23(22)31(32,33)34/h3,5-13,24,27H,1,4,14-20H2,2H3,(H,35,42). The third-order valence-corrected chi connectivity index (χ3v) is 8.20. The van der Waals surface area contributed by atoms with Crippen LogP contribution in [0.5, 0.6) is 0 Å². The first-order valence-corrected chi connectivity index (χ1v) is 14.1. The molecule has 2 unspecified atom stereocenters. The van der Waals surface area contributed by atoms with E-state index in [1.807, 2.05) is 30.3 Å². The lowest BCUT2D eigenvalue weighted by molar-refractivity contribution is -0.144. The van der Waals surface area contributed by atoms with Crippen molar-refractivity contribution in [2.75, 3.05) is 45.8 Å². The van der Waals surface area contributed by atoms with Gasteiger partial charge in [0.05, 0.1) is 29.4 Å². The molecule has 5 rings (SSSR count). The highest BCUT2D eigenvalue weighted by Gasteiger charge is 2.49. The molecule has 8 nitrogen and oxygen atoms in total. The third kappa shape index (κ3) is 5.65.